The molecule has 0 aromatic heterocycles. The Balaban J connectivity index is 2.04. The summed E-state index contributed by atoms with van der Waals surface area (Å²) in [7, 11) is 1.40. The number of hydrogen-bond acceptors (Lipinski definition) is 4. The fourth-order valence-corrected chi connectivity index (χ4v) is 1.69. The summed E-state index contributed by atoms with van der Waals surface area (Å²) < 4.78 is 9.90. The first-order chi connectivity index (χ1) is 7.74. The predicted molar refractivity (Wildman–Crippen MR) is 62.2 cm³/mol. The maximum absolute atomic E-state index is 11.0. The van der Waals surface area contributed by atoms with Gasteiger partial charge >= 0.3 is 5.97 Å². The van der Waals surface area contributed by atoms with Gasteiger partial charge in [0.2, 0.25) is 0 Å². The molecular weight excluding hydrogens is 206 g/mol. The van der Waals surface area contributed by atoms with Gasteiger partial charge in [-0.3, -0.25) is 0 Å². The lowest BCUT2D eigenvalue weighted by Crippen LogP contribution is -2.19. The normalized spacial score (nSPS) is 21.1. The minimum absolute atomic E-state index is 0.258. The number of methoxy groups -OCH3 is 1. The topological polar surface area (TPSA) is 47.6 Å². The standard InChI is InChI=1S/C12H21NO3/c1-10(12(14)15-2)3-6-13-7-4-11-5-8-16-9-11/h3,11,13H,4-9H2,1-2H3. The van der Waals surface area contributed by atoms with Gasteiger partial charge in [-0.25, -0.2) is 4.79 Å². The van der Waals surface area contributed by atoms with Crippen molar-refractivity contribution in [1.29, 1.82) is 0 Å². The molecule has 0 spiro atoms. The Morgan fingerprint density at radius 3 is 3.06 bits per heavy atom. The van der Waals surface area contributed by atoms with E-state index in [1.54, 1.807) is 6.92 Å². The second kappa shape index (κ2) is 7.41. The van der Waals surface area contributed by atoms with Crippen molar-refractivity contribution in [3.63, 3.8) is 0 Å². The fraction of sp³-hybridized carbons (Fsp3) is 0.750. The van der Waals surface area contributed by atoms with Gasteiger partial charge in [0.05, 0.1) is 7.11 Å². The van der Waals surface area contributed by atoms with E-state index in [1.807, 2.05) is 6.08 Å². The van der Waals surface area contributed by atoms with Crippen molar-refractivity contribution in [2.75, 3.05) is 33.4 Å². The van der Waals surface area contributed by atoms with Gasteiger partial charge in [-0.1, -0.05) is 6.08 Å². The molecule has 1 N–H and O–H groups in total. The molecule has 1 unspecified atom stereocenters. The van der Waals surface area contributed by atoms with Crippen molar-refractivity contribution < 1.29 is 14.3 Å². The summed E-state index contributed by atoms with van der Waals surface area (Å²) in [5.74, 6) is 0.448. The highest BCUT2D eigenvalue weighted by Crippen LogP contribution is 2.14. The number of carbonyl (C=O) groups excluding carboxylic acids is 1. The van der Waals surface area contributed by atoms with Crippen LogP contribution in [0.25, 0.3) is 0 Å². The van der Waals surface area contributed by atoms with Crippen LogP contribution in [0.1, 0.15) is 19.8 Å². The van der Waals surface area contributed by atoms with Gasteiger partial charge in [-0.2, -0.15) is 0 Å². The third kappa shape index (κ3) is 4.77. The average Bonchev–Trinajstić information content (AvgIpc) is 2.80. The van der Waals surface area contributed by atoms with Crippen molar-refractivity contribution in [3.05, 3.63) is 11.6 Å². The lowest BCUT2D eigenvalue weighted by atomic mass is 10.1. The van der Waals surface area contributed by atoms with Crippen molar-refractivity contribution >= 4 is 5.97 Å². The van der Waals surface area contributed by atoms with E-state index in [-0.39, 0.29) is 5.97 Å². The van der Waals surface area contributed by atoms with E-state index >= 15 is 0 Å². The lowest BCUT2D eigenvalue weighted by molar-refractivity contribution is -0.136. The van der Waals surface area contributed by atoms with Crippen LogP contribution >= 0.6 is 0 Å². The first-order valence-electron chi connectivity index (χ1n) is 5.77. The largest absolute Gasteiger partial charge is 0.466 e. The van der Waals surface area contributed by atoms with E-state index in [1.165, 1.54) is 13.5 Å². The molecule has 0 saturated carbocycles. The van der Waals surface area contributed by atoms with Crippen molar-refractivity contribution in [1.82, 2.24) is 5.32 Å². The number of ether oxygens (including phenoxy) is 2. The molecule has 4 heteroatoms. The number of hydrogen-bond donors (Lipinski definition) is 1. The van der Waals surface area contributed by atoms with E-state index in [2.05, 4.69) is 10.1 Å². The molecule has 1 saturated heterocycles. The van der Waals surface area contributed by atoms with Crippen LogP contribution in [0.2, 0.25) is 0 Å². The van der Waals surface area contributed by atoms with E-state index in [9.17, 15) is 4.79 Å². The summed E-state index contributed by atoms with van der Waals surface area (Å²) in [6.45, 7) is 5.26. The molecular formula is C12H21NO3. The summed E-state index contributed by atoms with van der Waals surface area (Å²) in [6, 6.07) is 0. The molecule has 0 aromatic rings. The molecule has 1 aliphatic rings. The van der Waals surface area contributed by atoms with E-state index in [0.717, 1.165) is 26.2 Å². The van der Waals surface area contributed by atoms with Crippen LogP contribution in [0.15, 0.2) is 11.6 Å². The third-order valence-corrected chi connectivity index (χ3v) is 2.81. The van der Waals surface area contributed by atoms with Crippen LogP contribution in [-0.2, 0) is 14.3 Å². The molecule has 1 heterocycles. The van der Waals surface area contributed by atoms with E-state index in [4.69, 9.17) is 4.74 Å². The van der Waals surface area contributed by atoms with Crippen LogP contribution in [0.4, 0.5) is 0 Å². The van der Waals surface area contributed by atoms with Gasteiger partial charge < -0.3 is 14.8 Å². The van der Waals surface area contributed by atoms with Crippen LogP contribution in [0.3, 0.4) is 0 Å². The SMILES string of the molecule is COC(=O)C(C)=CCNCCC1CCOC1. The highest BCUT2D eigenvalue weighted by molar-refractivity contribution is 5.87. The molecule has 92 valence electrons. The molecule has 0 amide bonds. The highest BCUT2D eigenvalue weighted by atomic mass is 16.5. The predicted octanol–water partition coefficient (Wildman–Crippen LogP) is 1.12. The minimum Gasteiger partial charge on any atom is -0.466 e. The Morgan fingerprint density at radius 2 is 2.44 bits per heavy atom. The van der Waals surface area contributed by atoms with Gasteiger partial charge in [-0.15, -0.1) is 0 Å². The Labute approximate surface area is 97.0 Å². The third-order valence-electron chi connectivity index (χ3n) is 2.81. The Kier molecular flexibility index (Phi) is 6.11. The maximum atomic E-state index is 11.0. The number of rotatable bonds is 6. The van der Waals surface area contributed by atoms with Gasteiger partial charge in [0.15, 0.2) is 0 Å². The fourth-order valence-electron chi connectivity index (χ4n) is 1.69. The average molecular weight is 227 g/mol. The smallest absolute Gasteiger partial charge is 0.333 e. The molecule has 1 aliphatic heterocycles. The number of carbonyl (C=O) groups is 1. The van der Waals surface area contributed by atoms with E-state index in [0.29, 0.717) is 18.0 Å². The molecule has 1 rings (SSSR count). The summed E-state index contributed by atoms with van der Waals surface area (Å²) >= 11 is 0. The summed E-state index contributed by atoms with van der Waals surface area (Å²) in [5.41, 5.74) is 0.652. The first kappa shape index (κ1) is 13.2. The quantitative estimate of drug-likeness (QED) is 0.420. The van der Waals surface area contributed by atoms with Crippen molar-refractivity contribution in [2.24, 2.45) is 5.92 Å². The zero-order valence-electron chi connectivity index (χ0n) is 10.1. The zero-order chi connectivity index (χ0) is 11.8. The molecule has 0 aliphatic carbocycles. The van der Waals surface area contributed by atoms with Gasteiger partial charge in [0, 0.05) is 25.3 Å². The van der Waals surface area contributed by atoms with E-state index < -0.39 is 0 Å². The number of esters is 1. The molecule has 0 radical (unpaired) electrons. The van der Waals surface area contributed by atoms with Crippen LogP contribution < -0.4 is 5.32 Å². The monoisotopic (exact) mass is 227 g/mol. The lowest BCUT2D eigenvalue weighted by Gasteiger charge is -2.07. The van der Waals surface area contributed by atoms with Gasteiger partial charge in [0.25, 0.3) is 0 Å². The maximum Gasteiger partial charge on any atom is 0.333 e. The Hall–Kier alpha value is -0.870. The van der Waals surface area contributed by atoms with Crippen LogP contribution in [0, 0.1) is 5.92 Å². The van der Waals surface area contributed by atoms with Crippen molar-refractivity contribution in [3.8, 4) is 0 Å². The Bertz CT molecular complexity index is 245. The first-order valence-corrected chi connectivity index (χ1v) is 5.77. The molecule has 1 atom stereocenters. The second-order valence-electron chi connectivity index (χ2n) is 4.10. The van der Waals surface area contributed by atoms with Gasteiger partial charge in [0.1, 0.15) is 0 Å². The molecule has 16 heavy (non-hydrogen) atoms. The van der Waals surface area contributed by atoms with Crippen LogP contribution in [-0.4, -0.2) is 39.4 Å². The van der Waals surface area contributed by atoms with Crippen molar-refractivity contribution in [2.45, 2.75) is 19.8 Å². The molecule has 0 bridgehead atoms. The van der Waals surface area contributed by atoms with Crippen LogP contribution in [0.5, 0.6) is 0 Å². The molecule has 0 aromatic carbocycles. The summed E-state index contributed by atoms with van der Waals surface area (Å²) in [5, 5.41) is 3.28. The minimum atomic E-state index is -0.258. The highest BCUT2D eigenvalue weighted by Gasteiger charge is 2.14. The molecule has 4 nitrogen and oxygen atoms in total. The van der Waals surface area contributed by atoms with Gasteiger partial charge in [-0.05, 0) is 32.2 Å². The zero-order valence-corrected chi connectivity index (χ0v) is 10.1. The number of nitrogens with one attached hydrogen (secondary N) is 1. The Morgan fingerprint density at radius 1 is 1.62 bits per heavy atom. The molecule has 1 fully saturated rings. The second-order valence-corrected chi connectivity index (χ2v) is 4.10. The summed E-state index contributed by atoms with van der Waals surface area (Å²) in [4.78, 5) is 11.0. The summed E-state index contributed by atoms with van der Waals surface area (Å²) in [6.07, 6.45) is 4.18.